The molecular weight excluding hydrogens is 327 g/mol. The summed E-state index contributed by atoms with van der Waals surface area (Å²) in [6.45, 7) is -0.125. The van der Waals surface area contributed by atoms with Crippen LogP contribution >= 0.6 is 0 Å². The number of hydrogen-bond donors (Lipinski definition) is 1. The topological polar surface area (TPSA) is 81.4 Å². The molecule has 0 saturated carbocycles. The number of rotatable bonds is 5. The number of benzene rings is 1. The molecule has 6 nitrogen and oxygen atoms in total. The maximum absolute atomic E-state index is 13.5. The quantitative estimate of drug-likeness (QED) is 0.772. The molecular formula is C18H13FN2O4. The van der Waals surface area contributed by atoms with Crippen molar-refractivity contribution in [3.63, 3.8) is 0 Å². The molecule has 0 saturated heterocycles. The van der Waals surface area contributed by atoms with E-state index in [1.807, 2.05) is 0 Å². The molecule has 0 spiro atoms. The second-order valence-electron chi connectivity index (χ2n) is 5.04. The van der Waals surface area contributed by atoms with E-state index in [9.17, 15) is 14.0 Å². The number of amides is 1. The van der Waals surface area contributed by atoms with Gasteiger partial charge in [0.05, 0.1) is 0 Å². The Labute approximate surface area is 141 Å². The van der Waals surface area contributed by atoms with Crippen LogP contribution in [0.1, 0.15) is 16.1 Å². The van der Waals surface area contributed by atoms with Gasteiger partial charge in [-0.05, 0) is 18.2 Å². The summed E-state index contributed by atoms with van der Waals surface area (Å²) < 4.78 is 23.9. The molecule has 1 amide bonds. The standard InChI is InChI=1S/C18H13FN2O4/c19-14-4-2-1-3-12(14)10-24-17-11-25-16(9-15(17)22)18(23)21-13-5-7-20-8-6-13/h1-9,11H,10H2,(H,20,21,23). The highest BCUT2D eigenvalue weighted by Crippen LogP contribution is 2.13. The van der Waals surface area contributed by atoms with Crippen molar-refractivity contribution in [3.05, 3.63) is 88.5 Å². The predicted molar refractivity (Wildman–Crippen MR) is 87.9 cm³/mol. The van der Waals surface area contributed by atoms with Crippen LogP contribution < -0.4 is 15.5 Å². The number of anilines is 1. The van der Waals surface area contributed by atoms with Gasteiger partial charge in [0.2, 0.25) is 11.2 Å². The molecule has 0 atom stereocenters. The van der Waals surface area contributed by atoms with Gasteiger partial charge in [0, 0.05) is 29.7 Å². The lowest BCUT2D eigenvalue weighted by Gasteiger charge is -2.07. The minimum Gasteiger partial charge on any atom is -0.482 e. The van der Waals surface area contributed by atoms with Gasteiger partial charge in [-0.2, -0.15) is 0 Å². The van der Waals surface area contributed by atoms with Crippen LogP contribution in [0.4, 0.5) is 10.1 Å². The van der Waals surface area contributed by atoms with Crippen LogP contribution in [0.2, 0.25) is 0 Å². The Morgan fingerprint density at radius 1 is 1.20 bits per heavy atom. The van der Waals surface area contributed by atoms with E-state index in [4.69, 9.17) is 9.15 Å². The fourth-order valence-electron chi connectivity index (χ4n) is 2.02. The Morgan fingerprint density at radius 3 is 2.68 bits per heavy atom. The van der Waals surface area contributed by atoms with Crippen molar-refractivity contribution in [2.24, 2.45) is 0 Å². The number of ether oxygens (including phenoxy) is 1. The number of aromatic nitrogens is 1. The number of carbonyl (C=O) groups is 1. The Bertz CT molecular complexity index is 941. The molecule has 2 heterocycles. The zero-order valence-electron chi connectivity index (χ0n) is 12.9. The lowest BCUT2D eigenvalue weighted by atomic mass is 10.2. The molecule has 7 heteroatoms. The van der Waals surface area contributed by atoms with Crippen molar-refractivity contribution in [3.8, 4) is 5.75 Å². The molecule has 0 fully saturated rings. The van der Waals surface area contributed by atoms with E-state index in [0.717, 1.165) is 12.3 Å². The van der Waals surface area contributed by atoms with E-state index in [0.29, 0.717) is 11.3 Å². The van der Waals surface area contributed by atoms with Crippen LogP contribution in [0.15, 0.2) is 70.3 Å². The molecule has 0 radical (unpaired) electrons. The van der Waals surface area contributed by atoms with Gasteiger partial charge < -0.3 is 14.5 Å². The molecule has 25 heavy (non-hydrogen) atoms. The number of carbonyl (C=O) groups excluding carboxylic acids is 1. The molecule has 0 bridgehead atoms. The molecule has 0 aliphatic heterocycles. The molecule has 126 valence electrons. The molecule has 3 aromatic rings. The third kappa shape index (κ3) is 4.08. The highest BCUT2D eigenvalue weighted by Gasteiger charge is 2.13. The highest BCUT2D eigenvalue weighted by atomic mass is 19.1. The smallest absolute Gasteiger partial charge is 0.291 e. The minimum atomic E-state index is -0.580. The lowest BCUT2D eigenvalue weighted by Crippen LogP contribution is -2.16. The summed E-state index contributed by atoms with van der Waals surface area (Å²) in [5.74, 6) is -1.28. The monoisotopic (exact) mass is 340 g/mol. The van der Waals surface area contributed by atoms with Crippen LogP contribution in [0, 0.1) is 5.82 Å². The largest absolute Gasteiger partial charge is 0.482 e. The average molecular weight is 340 g/mol. The number of pyridine rings is 1. The maximum atomic E-state index is 13.5. The second kappa shape index (κ2) is 7.39. The van der Waals surface area contributed by atoms with Gasteiger partial charge in [-0.25, -0.2) is 4.39 Å². The molecule has 1 N–H and O–H groups in total. The summed E-state index contributed by atoms with van der Waals surface area (Å²) in [7, 11) is 0. The minimum absolute atomic E-state index is 0.108. The van der Waals surface area contributed by atoms with E-state index in [2.05, 4.69) is 10.3 Å². The van der Waals surface area contributed by atoms with E-state index < -0.39 is 17.2 Å². The summed E-state index contributed by atoms with van der Waals surface area (Å²) >= 11 is 0. The summed E-state index contributed by atoms with van der Waals surface area (Å²) in [5.41, 5.74) is 0.284. The van der Waals surface area contributed by atoms with E-state index in [1.54, 1.807) is 30.3 Å². The lowest BCUT2D eigenvalue weighted by molar-refractivity contribution is 0.0993. The van der Waals surface area contributed by atoms with Crippen LogP contribution in [0.25, 0.3) is 0 Å². The third-order valence-electron chi connectivity index (χ3n) is 3.30. The van der Waals surface area contributed by atoms with Crippen molar-refractivity contribution in [2.45, 2.75) is 6.61 Å². The first-order valence-electron chi connectivity index (χ1n) is 7.34. The normalized spacial score (nSPS) is 10.3. The number of halogens is 1. The van der Waals surface area contributed by atoms with Crippen molar-refractivity contribution in [1.82, 2.24) is 4.98 Å². The van der Waals surface area contributed by atoms with Crippen molar-refractivity contribution in [1.29, 1.82) is 0 Å². The number of nitrogens with zero attached hydrogens (tertiary/aromatic N) is 1. The summed E-state index contributed by atoms with van der Waals surface area (Å²) in [6, 6.07) is 10.3. The number of hydrogen-bond acceptors (Lipinski definition) is 5. The maximum Gasteiger partial charge on any atom is 0.291 e. The summed E-state index contributed by atoms with van der Waals surface area (Å²) in [5, 5.41) is 2.57. The van der Waals surface area contributed by atoms with Gasteiger partial charge in [-0.15, -0.1) is 0 Å². The molecule has 0 unspecified atom stereocenters. The zero-order valence-corrected chi connectivity index (χ0v) is 12.9. The molecule has 0 aliphatic rings. The molecule has 1 aromatic carbocycles. The van der Waals surface area contributed by atoms with E-state index >= 15 is 0 Å². The van der Waals surface area contributed by atoms with Gasteiger partial charge in [0.1, 0.15) is 18.7 Å². The zero-order chi connectivity index (χ0) is 17.6. The average Bonchev–Trinajstić information content (AvgIpc) is 2.62. The molecule has 2 aromatic heterocycles. The fourth-order valence-corrected chi connectivity index (χ4v) is 2.02. The fraction of sp³-hybridized carbons (Fsp3) is 0.0556. The van der Waals surface area contributed by atoms with Gasteiger partial charge in [0.15, 0.2) is 5.76 Å². The Balaban J connectivity index is 1.69. The van der Waals surface area contributed by atoms with Gasteiger partial charge in [0.25, 0.3) is 5.91 Å². The molecule has 3 rings (SSSR count). The summed E-state index contributed by atoms with van der Waals surface area (Å²) in [4.78, 5) is 27.9. The Kier molecular flexibility index (Phi) is 4.84. The second-order valence-corrected chi connectivity index (χ2v) is 5.04. The van der Waals surface area contributed by atoms with E-state index in [1.165, 1.54) is 18.5 Å². The van der Waals surface area contributed by atoms with Gasteiger partial charge in [-0.3, -0.25) is 14.6 Å². The van der Waals surface area contributed by atoms with Crippen molar-refractivity contribution in [2.75, 3.05) is 5.32 Å². The van der Waals surface area contributed by atoms with Gasteiger partial charge in [-0.1, -0.05) is 18.2 Å². The summed E-state index contributed by atoms with van der Waals surface area (Å²) in [6.07, 6.45) is 4.07. The Hall–Kier alpha value is -3.48. The van der Waals surface area contributed by atoms with Crippen LogP contribution in [0.3, 0.4) is 0 Å². The van der Waals surface area contributed by atoms with Crippen LogP contribution in [-0.4, -0.2) is 10.9 Å². The van der Waals surface area contributed by atoms with Gasteiger partial charge >= 0.3 is 0 Å². The third-order valence-corrected chi connectivity index (χ3v) is 3.30. The Morgan fingerprint density at radius 2 is 1.96 bits per heavy atom. The number of nitrogens with one attached hydrogen (secondary N) is 1. The van der Waals surface area contributed by atoms with Crippen LogP contribution in [0.5, 0.6) is 5.75 Å². The first-order chi connectivity index (χ1) is 12.1. The first-order valence-corrected chi connectivity index (χ1v) is 7.34. The highest BCUT2D eigenvalue weighted by molar-refractivity contribution is 6.02. The van der Waals surface area contributed by atoms with Crippen molar-refractivity contribution >= 4 is 11.6 Å². The first kappa shape index (κ1) is 16.4. The molecule has 0 aliphatic carbocycles. The van der Waals surface area contributed by atoms with Crippen molar-refractivity contribution < 1.29 is 18.3 Å². The van der Waals surface area contributed by atoms with E-state index in [-0.39, 0.29) is 18.1 Å². The SMILES string of the molecule is O=C(Nc1ccncc1)c1cc(=O)c(OCc2ccccc2F)co1. The predicted octanol–water partition coefficient (Wildman–Crippen LogP) is 3.01. The van der Waals surface area contributed by atoms with Crippen LogP contribution in [-0.2, 0) is 6.61 Å².